The molecule has 21 heavy (non-hydrogen) atoms. The molecular weight excluding hydrogens is 272 g/mol. The highest BCUT2D eigenvalue weighted by atomic mass is 16.6. The van der Waals surface area contributed by atoms with Gasteiger partial charge in [-0.1, -0.05) is 6.07 Å². The van der Waals surface area contributed by atoms with Gasteiger partial charge in [-0.25, -0.2) is 0 Å². The second kappa shape index (κ2) is 6.17. The Balaban J connectivity index is 2.01. The molecule has 7 heteroatoms. The van der Waals surface area contributed by atoms with Gasteiger partial charge in [-0.2, -0.15) is 5.10 Å². The van der Waals surface area contributed by atoms with Crippen molar-refractivity contribution in [2.45, 2.75) is 26.8 Å². The van der Waals surface area contributed by atoms with Gasteiger partial charge in [0, 0.05) is 25.2 Å². The number of nitrogens with zero attached hydrogens (tertiary/aromatic N) is 3. The molecule has 0 bridgehead atoms. The van der Waals surface area contributed by atoms with Gasteiger partial charge in [-0.15, -0.1) is 0 Å². The fourth-order valence-corrected chi connectivity index (χ4v) is 1.91. The van der Waals surface area contributed by atoms with Crippen LogP contribution in [0.1, 0.15) is 17.7 Å². The molecule has 0 aliphatic heterocycles. The Bertz CT molecular complexity index is 679. The Morgan fingerprint density at radius 1 is 1.38 bits per heavy atom. The summed E-state index contributed by atoms with van der Waals surface area (Å²) in [5.41, 5.74) is 1.77. The monoisotopic (exact) mass is 288 g/mol. The highest BCUT2D eigenvalue weighted by molar-refractivity contribution is 5.93. The van der Waals surface area contributed by atoms with Crippen molar-refractivity contribution in [2.24, 2.45) is 0 Å². The maximum absolute atomic E-state index is 11.9. The van der Waals surface area contributed by atoms with Gasteiger partial charge in [-0.05, 0) is 31.5 Å². The third-order valence-electron chi connectivity index (χ3n) is 2.97. The van der Waals surface area contributed by atoms with Crippen LogP contribution in [0.2, 0.25) is 0 Å². The summed E-state index contributed by atoms with van der Waals surface area (Å²) in [6, 6.07) is 6.55. The lowest BCUT2D eigenvalue weighted by atomic mass is 10.2. The summed E-state index contributed by atoms with van der Waals surface area (Å²) in [7, 11) is 0. The Hall–Kier alpha value is -2.70. The highest BCUT2D eigenvalue weighted by Crippen LogP contribution is 2.25. The Morgan fingerprint density at radius 3 is 2.76 bits per heavy atom. The molecule has 0 saturated carbocycles. The first-order valence-electron chi connectivity index (χ1n) is 6.50. The van der Waals surface area contributed by atoms with Crippen LogP contribution in [0.15, 0.2) is 30.5 Å². The number of aryl methyl sites for hydroxylation is 3. The quantitative estimate of drug-likeness (QED) is 0.675. The van der Waals surface area contributed by atoms with E-state index in [1.54, 1.807) is 29.9 Å². The first kappa shape index (κ1) is 14.7. The van der Waals surface area contributed by atoms with Crippen LogP contribution in [0.4, 0.5) is 11.4 Å². The molecule has 1 amide bonds. The molecule has 0 unspecified atom stereocenters. The van der Waals surface area contributed by atoms with E-state index in [0.29, 0.717) is 6.54 Å². The van der Waals surface area contributed by atoms with Crippen molar-refractivity contribution in [1.82, 2.24) is 9.78 Å². The van der Waals surface area contributed by atoms with Crippen molar-refractivity contribution in [2.75, 3.05) is 5.32 Å². The molecule has 2 aromatic rings. The summed E-state index contributed by atoms with van der Waals surface area (Å²) in [5, 5.41) is 17.7. The van der Waals surface area contributed by atoms with Crippen LogP contribution in [-0.4, -0.2) is 20.6 Å². The Labute approximate surface area is 121 Å². The average molecular weight is 288 g/mol. The zero-order valence-corrected chi connectivity index (χ0v) is 11.9. The van der Waals surface area contributed by atoms with Crippen LogP contribution < -0.4 is 5.32 Å². The molecule has 0 aliphatic carbocycles. The van der Waals surface area contributed by atoms with Crippen molar-refractivity contribution in [3.63, 3.8) is 0 Å². The SMILES string of the molecule is Cc1ccc(NC(=O)CCn2ccc(C)n2)c([N+](=O)[O-])c1. The molecule has 7 nitrogen and oxygen atoms in total. The van der Waals surface area contributed by atoms with Gasteiger partial charge in [0.1, 0.15) is 5.69 Å². The lowest BCUT2D eigenvalue weighted by molar-refractivity contribution is -0.384. The minimum absolute atomic E-state index is 0.0988. The average Bonchev–Trinajstić information content (AvgIpc) is 2.84. The third kappa shape index (κ3) is 3.88. The summed E-state index contributed by atoms with van der Waals surface area (Å²) >= 11 is 0. The van der Waals surface area contributed by atoms with Crippen molar-refractivity contribution in [3.8, 4) is 0 Å². The zero-order valence-electron chi connectivity index (χ0n) is 11.9. The summed E-state index contributed by atoms with van der Waals surface area (Å²) in [4.78, 5) is 22.4. The van der Waals surface area contributed by atoms with E-state index < -0.39 is 4.92 Å². The van der Waals surface area contributed by atoms with Crippen LogP contribution in [0.3, 0.4) is 0 Å². The maximum atomic E-state index is 11.9. The number of nitro groups is 1. The van der Waals surface area contributed by atoms with Crippen LogP contribution >= 0.6 is 0 Å². The van der Waals surface area contributed by atoms with Gasteiger partial charge in [0.2, 0.25) is 5.91 Å². The van der Waals surface area contributed by atoms with E-state index in [2.05, 4.69) is 10.4 Å². The molecule has 0 saturated heterocycles. The molecule has 0 spiro atoms. The molecule has 1 heterocycles. The number of aromatic nitrogens is 2. The lowest BCUT2D eigenvalue weighted by Gasteiger charge is -2.07. The number of hydrogen-bond acceptors (Lipinski definition) is 4. The minimum Gasteiger partial charge on any atom is -0.320 e. The van der Waals surface area contributed by atoms with Gasteiger partial charge in [0.25, 0.3) is 5.69 Å². The van der Waals surface area contributed by atoms with E-state index in [4.69, 9.17) is 0 Å². The summed E-state index contributed by atoms with van der Waals surface area (Å²) < 4.78 is 1.67. The molecule has 1 N–H and O–H groups in total. The van der Waals surface area contributed by atoms with Crippen LogP contribution in [-0.2, 0) is 11.3 Å². The number of carbonyl (C=O) groups is 1. The molecular formula is C14H16N4O3. The number of anilines is 1. The Kier molecular flexibility index (Phi) is 4.32. The van der Waals surface area contributed by atoms with Crippen molar-refractivity contribution >= 4 is 17.3 Å². The minimum atomic E-state index is -0.501. The van der Waals surface area contributed by atoms with E-state index in [1.807, 2.05) is 13.0 Å². The number of benzene rings is 1. The van der Waals surface area contributed by atoms with Crippen LogP contribution in [0, 0.1) is 24.0 Å². The van der Waals surface area contributed by atoms with Crippen LogP contribution in [0.25, 0.3) is 0 Å². The van der Waals surface area contributed by atoms with Crippen LogP contribution in [0.5, 0.6) is 0 Å². The van der Waals surface area contributed by atoms with Crippen molar-refractivity contribution in [3.05, 3.63) is 51.8 Å². The van der Waals surface area contributed by atoms with Gasteiger partial charge < -0.3 is 5.32 Å². The fraction of sp³-hybridized carbons (Fsp3) is 0.286. The summed E-state index contributed by atoms with van der Waals surface area (Å²) in [6.07, 6.45) is 1.99. The van der Waals surface area contributed by atoms with Gasteiger partial charge in [0.15, 0.2) is 0 Å². The lowest BCUT2D eigenvalue weighted by Crippen LogP contribution is -2.15. The number of rotatable bonds is 5. The third-order valence-corrected chi connectivity index (χ3v) is 2.97. The molecule has 0 aliphatic rings. The maximum Gasteiger partial charge on any atom is 0.293 e. The molecule has 0 fully saturated rings. The van der Waals surface area contributed by atoms with Gasteiger partial charge in [-0.3, -0.25) is 19.6 Å². The van der Waals surface area contributed by atoms with E-state index in [0.717, 1.165) is 11.3 Å². The number of amides is 1. The highest BCUT2D eigenvalue weighted by Gasteiger charge is 2.15. The second-order valence-electron chi connectivity index (χ2n) is 4.80. The van der Waals surface area contributed by atoms with Crippen molar-refractivity contribution in [1.29, 1.82) is 0 Å². The van der Waals surface area contributed by atoms with Gasteiger partial charge >= 0.3 is 0 Å². The number of nitrogens with one attached hydrogen (secondary N) is 1. The molecule has 110 valence electrons. The van der Waals surface area contributed by atoms with Gasteiger partial charge in [0.05, 0.1) is 10.6 Å². The Morgan fingerprint density at radius 2 is 2.14 bits per heavy atom. The largest absolute Gasteiger partial charge is 0.320 e. The summed E-state index contributed by atoms with van der Waals surface area (Å²) in [6.45, 7) is 4.06. The van der Waals surface area contributed by atoms with E-state index in [-0.39, 0.29) is 23.7 Å². The number of carbonyl (C=O) groups excluding carboxylic acids is 1. The first-order chi connectivity index (χ1) is 9.95. The topological polar surface area (TPSA) is 90.1 Å². The van der Waals surface area contributed by atoms with E-state index >= 15 is 0 Å². The predicted molar refractivity (Wildman–Crippen MR) is 78.0 cm³/mol. The van der Waals surface area contributed by atoms with E-state index in [1.165, 1.54) is 6.07 Å². The number of hydrogen-bond donors (Lipinski definition) is 1. The second-order valence-corrected chi connectivity index (χ2v) is 4.80. The standard InChI is InChI=1S/C14H16N4O3/c1-10-3-4-12(13(9-10)18(20)21)15-14(19)6-8-17-7-5-11(2)16-17/h3-5,7,9H,6,8H2,1-2H3,(H,15,19). The number of nitro benzene ring substituents is 1. The zero-order chi connectivity index (χ0) is 15.4. The van der Waals surface area contributed by atoms with Crippen molar-refractivity contribution < 1.29 is 9.72 Å². The van der Waals surface area contributed by atoms with E-state index in [9.17, 15) is 14.9 Å². The predicted octanol–water partition coefficient (Wildman–Crippen LogP) is 2.44. The molecule has 0 atom stereocenters. The first-order valence-corrected chi connectivity index (χ1v) is 6.50. The molecule has 1 aromatic heterocycles. The summed E-state index contributed by atoms with van der Waals surface area (Å²) in [5.74, 6) is -0.282. The molecule has 2 rings (SSSR count). The molecule has 1 aromatic carbocycles. The normalized spacial score (nSPS) is 10.4. The fourth-order valence-electron chi connectivity index (χ4n) is 1.91. The smallest absolute Gasteiger partial charge is 0.293 e. The molecule has 0 radical (unpaired) electrons.